The number of aryl methyl sites for hydroxylation is 1. The molecule has 2 heterocycles. The molecule has 1 saturated heterocycles. The maximum absolute atomic E-state index is 14.6. The van der Waals surface area contributed by atoms with E-state index in [1.165, 1.54) is 19.0 Å². The van der Waals surface area contributed by atoms with Gasteiger partial charge in [0.05, 0.1) is 19.2 Å². The van der Waals surface area contributed by atoms with Crippen LogP contribution in [0.3, 0.4) is 0 Å². The van der Waals surface area contributed by atoms with Crippen LogP contribution in [0.1, 0.15) is 24.8 Å². The summed E-state index contributed by atoms with van der Waals surface area (Å²) in [6.45, 7) is 6.22. The second-order valence-corrected chi connectivity index (χ2v) is 9.86. The molecule has 1 aromatic carbocycles. The predicted octanol–water partition coefficient (Wildman–Crippen LogP) is 3.42. The van der Waals surface area contributed by atoms with Crippen LogP contribution in [0, 0.1) is 30.5 Å². The molecule has 0 amide bonds. The van der Waals surface area contributed by atoms with Crippen molar-refractivity contribution in [2.24, 2.45) is 17.8 Å². The van der Waals surface area contributed by atoms with Gasteiger partial charge in [-0.1, -0.05) is 0 Å². The van der Waals surface area contributed by atoms with Crippen molar-refractivity contribution in [2.75, 3.05) is 55.9 Å². The fourth-order valence-electron chi connectivity index (χ4n) is 5.93. The molecule has 5 rings (SSSR count). The molecule has 2 N–H and O–H groups in total. The lowest BCUT2D eigenvalue weighted by atomic mass is 9.84. The SMILES string of the molecule is COC(=O)[C@H]1[C@@H]2CC[C@@H](C2)[C@H]1Nc1nc(Nc2ccc(N3CCN(C)CC3)c(C)c2)ncc1F. The first-order chi connectivity index (χ1) is 16.4. The Bertz CT molecular complexity index is 1060. The molecule has 2 aliphatic carbocycles. The first-order valence-electron chi connectivity index (χ1n) is 12.1. The minimum Gasteiger partial charge on any atom is -0.469 e. The monoisotopic (exact) mass is 468 g/mol. The lowest BCUT2D eigenvalue weighted by Crippen LogP contribution is -2.44. The summed E-state index contributed by atoms with van der Waals surface area (Å²) < 4.78 is 19.7. The third-order valence-corrected chi connectivity index (χ3v) is 7.73. The van der Waals surface area contributed by atoms with Crippen LogP contribution in [-0.2, 0) is 9.53 Å². The number of ether oxygens (including phenoxy) is 1. The highest BCUT2D eigenvalue weighted by Crippen LogP contribution is 2.50. The third-order valence-electron chi connectivity index (χ3n) is 7.73. The minimum atomic E-state index is -0.529. The van der Waals surface area contributed by atoms with Crippen LogP contribution in [0.2, 0.25) is 0 Å². The van der Waals surface area contributed by atoms with Gasteiger partial charge in [-0.05, 0) is 68.8 Å². The number of piperazine rings is 1. The number of hydrogen-bond acceptors (Lipinski definition) is 8. The Kier molecular flexibility index (Phi) is 6.29. The molecule has 0 unspecified atom stereocenters. The van der Waals surface area contributed by atoms with E-state index in [-0.39, 0.29) is 23.7 Å². The molecule has 2 bridgehead atoms. The molecule has 2 saturated carbocycles. The molecule has 1 aromatic heterocycles. The lowest BCUT2D eigenvalue weighted by Gasteiger charge is -2.35. The van der Waals surface area contributed by atoms with E-state index in [2.05, 4.69) is 56.5 Å². The van der Waals surface area contributed by atoms with Crippen molar-refractivity contribution in [1.82, 2.24) is 14.9 Å². The van der Waals surface area contributed by atoms with Crippen LogP contribution in [0.15, 0.2) is 24.4 Å². The number of carbonyl (C=O) groups excluding carboxylic acids is 1. The molecule has 182 valence electrons. The maximum atomic E-state index is 14.6. The van der Waals surface area contributed by atoms with Crippen molar-refractivity contribution in [3.05, 3.63) is 35.8 Å². The van der Waals surface area contributed by atoms with Crippen molar-refractivity contribution in [2.45, 2.75) is 32.2 Å². The minimum absolute atomic E-state index is 0.120. The van der Waals surface area contributed by atoms with Crippen LogP contribution in [0.4, 0.5) is 27.5 Å². The number of nitrogens with zero attached hydrogens (tertiary/aromatic N) is 4. The van der Waals surface area contributed by atoms with E-state index in [0.29, 0.717) is 17.8 Å². The molecule has 3 aliphatic rings. The molecule has 2 aromatic rings. The third kappa shape index (κ3) is 4.41. The summed E-state index contributed by atoms with van der Waals surface area (Å²) in [6, 6.07) is 6.01. The Hall–Kier alpha value is -2.94. The number of nitrogens with one attached hydrogen (secondary N) is 2. The van der Waals surface area contributed by atoms with E-state index in [9.17, 15) is 9.18 Å². The van der Waals surface area contributed by atoms with Crippen LogP contribution in [0.5, 0.6) is 0 Å². The average molecular weight is 469 g/mol. The number of rotatable bonds is 6. The highest BCUT2D eigenvalue weighted by Gasteiger charge is 2.51. The van der Waals surface area contributed by atoms with E-state index < -0.39 is 5.82 Å². The molecular formula is C25H33FN6O2. The van der Waals surface area contributed by atoms with Gasteiger partial charge in [-0.25, -0.2) is 9.37 Å². The Labute approximate surface area is 199 Å². The van der Waals surface area contributed by atoms with Gasteiger partial charge in [-0.3, -0.25) is 4.79 Å². The number of hydrogen-bond donors (Lipinski definition) is 2. The summed E-state index contributed by atoms with van der Waals surface area (Å²) in [4.78, 5) is 25.7. The standard InChI is InChI=1S/C25H33FN6O2/c1-15-12-18(6-7-20(15)32-10-8-31(2)9-11-32)28-25-27-14-19(26)23(30-25)29-22-17-5-4-16(13-17)21(22)24(33)34-3/h6-7,12,14,16-17,21-22H,4-5,8-11,13H2,1-3H3,(H2,27,28,29,30)/t16-,17+,21+,22-/m1/s1. The van der Waals surface area contributed by atoms with Gasteiger partial charge in [-0.2, -0.15) is 4.98 Å². The van der Waals surface area contributed by atoms with Gasteiger partial charge in [0, 0.05) is 43.6 Å². The van der Waals surface area contributed by atoms with Crippen LogP contribution in [0.25, 0.3) is 0 Å². The van der Waals surface area contributed by atoms with Crippen molar-refractivity contribution in [3.63, 3.8) is 0 Å². The van der Waals surface area contributed by atoms with Crippen molar-refractivity contribution >= 4 is 29.1 Å². The lowest BCUT2D eigenvalue weighted by molar-refractivity contribution is -0.147. The summed E-state index contributed by atoms with van der Waals surface area (Å²) in [5.74, 6) is 0.0262. The zero-order valence-electron chi connectivity index (χ0n) is 20.1. The van der Waals surface area contributed by atoms with Crippen molar-refractivity contribution < 1.29 is 13.9 Å². The molecule has 3 fully saturated rings. The van der Waals surface area contributed by atoms with Crippen LogP contribution < -0.4 is 15.5 Å². The highest BCUT2D eigenvalue weighted by molar-refractivity contribution is 5.75. The number of halogens is 1. The molecular weight excluding hydrogens is 435 g/mol. The average Bonchev–Trinajstić information content (AvgIpc) is 3.44. The zero-order valence-corrected chi connectivity index (χ0v) is 20.1. The summed E-state index contributed by atoms with van der Waals surface area (Å²) in [6.07, 6.45) is 4.19. The van der Waals surface area contributed by atoms with Gasteiger partial charge >= 0.3 is 5.97 Å². The normalized spacial score (nSPS) is 26.5. The smallest absolute Gasteiger partial charge is 0.311 e. The second kappa shape index (κ2) is 9.37. The fourth-order valence-corrected chi connectivity index (χ4v) is 5.93. The van der Waals surface area contributed by atoms with E-state index in [1.807, 2.05) is 6.07 Å². The number of aromatic nitrogens is 2. The topological polar surface area (TPSA) is 82.6 Å². The predicted molar refractivity (Wildman–Crippen MR) is 130 cm³/mol. The molecule has 4 atom stereocenters. The molecule has 9 heteroatoms. The largest absolute Gasteiger partial charge is 0.469 e. The van der Waals surface area contributed by atoms with Gasteiger partial charge in [-0.15, -0.1) is 0 Å². The van der Waals surface area contributed by atoms with E-state index >= 15 is 0 Å². The number of benzene rings is 1. The molecule has 8 nitrogen and oxygen atoms in total. The number of carbonyl (C=O) groups is 1. The highest BCUT2D eigenvalue weighted by atomic mass is 19.1. The van der Waals surface area contributed by atoms with Crippen LogP contribution in [-0.4, -0.2) is 67.2 Å². The fraction of sp³-hybridized carbons (Fsp3) is 0.560. The van der Waals surface area contributed by atoms with Gasteiger partial charge in [0.25, 0.3) is 0 Å². The number of esters is 1. The van der Waals surface area contributed by atoms with Crippen LogP contribution >= 0.6 is 0 Å². The second-order valence-electron chi connectivity index (χ2n) is 9.86. The van der Waals surface area contributed by atoms with Gasteiger partial charge < -0.3 is 25.2 Å². The van der Waals surface area contributed by atoms with E-state index in [4.69, 9.17) is 4.74 Å². The first-order valence-corrected chi connectivity index (χ1v) is 12.1. The number of fused-ring (bicyclic) bond motifs is 2. The van der Waals surface area contributed by atoms with Gasteiger partial charge in [0.1, 0.15) is 0 Å². The number of methoxy groups -OCH3 is 1. The quantitative estimate of drug-likeness (QED) is 0.624. The molecule has 1 aliphatic heterocycles. The molecule has 0 radical (unpaired) electrons. The number of anilines is 4. The molecule has 0 spiro atoms. The number of likely N-dealkylation sites (N-methyl/N-ethyl adjacent to an activating group) is 1. The van der Waals surface area contributed by atoms with E-state index in [0.717, 1.165) is 56.7 Å². The zero-order chi connectivity index (χ0) is 23.8. The Balaban J connectivity index is 1.30. The summed E-state index contributed by atoms with van der Waals surface area (Å²) in [5, 5.41) is 6.43. The summed E-state index contributed by atoms with van der Waals surface area (Å²) in [7, 11) is 3.56. The van der Waals surface area contributed by atoms with Gasteiger partial charge in [0.2, 0.25) is 5.95 Å². The Morgan fingerprint density at radius 3 is 2.68 bits per heavy atom. The maximum Gasteiger partial charge on any atom is 0.311 e. The Morgan fingerprint density at radius 1 is 1.18 bits per heavy atom. The summed E-state index contributed by atoms with van der Waals surface area (Å²) in [5.41, 5.74) is 3.24. The van der Waals surface area contributed by atoms with Gasteiger partial charge in [0.15, 0.2) is 11.6 Å². The molecule has 34 heavy (non-hydrogen) atoms. The van der Waals surface area contributed by atoms with Crippen molar-refractivity contribution in [3.8, 4) is 0 Å². The Morgan fingerprint density at radius 2 is 1.94 bits per heavy atom. The van der Waals surface area contributed by atoms with E-state index in [1.54, 1.807) is 0 Å². The first kappa shape index (κ1) is 22.8. The van der Waals surface area contributed by atoms with Crippen molar-refractivity contribution in [1.29, 1.82) is 0 Å². The summed E-state index contributed by atoms with van der Waals surface area (Å²) >= 11 is 0.